The molecule has 0 aliphatic heterocycles. The quantitative estimate of drug-likeness (QED) is 0.789. The molecule has 0 bridgehead atoms. The molecule has 1 amide bonds. The van der Waals surface area contributed by atoms with Crippen LogP contribution in [0.5, 0.6) is 0 Å². The molecule has 0 aliphatic carbocycles. The minimum Gasteiger partial charge on any atom is -0.395 e. The van der Waals surface area contributed by atoms with Crippen molar-refractivity contribution in [2.45, 2.75) is 13.3 Å². The van der Waals surface area contributed by atoms with Gasteiger partial charge in [0.05, 0.1) is 18.7 Å². The molecule has 0 saturated carbocycles. The van der Waals surface area contributed by atoms with Gasteiger partial charge >= 0.3 is 0 Å². The summed E-state index contributed by atoms with van der Waals surface area (Å²) in [6.07, 6.45) is 0.775. The first-order chi connectivity index (χ1) is 9.63. The van der Waals surface area contributed by atoms with E-state index in [4.69, 9.17) is 10.8 Å². The van der Waals surface area contributed by atoms with Crippen molar-refractivity contribution in [2.24, 2.45) is 5.73 Å². The van der Waals surface area contributed by atoms with E-state index in [1.54, 1.807) is 0 Å². The van der Waals surface area contributed by atoms with Gasteiger partial charge in [-0.25, -0.2) is 4.39 Å². The fourth-order valence-corrected chi connectivity index (χ4v) is 1.83. The van der Waals surface area contributed by atoms with E-state index in [1.807, 2.05) is 6.92 Å². The third kappa shape index (κ3) is 4.34. The number of benzene rings is 1. The number of hydrogen-bond acceptors (Lipinski definition) is 3. The Hall–Kier alpha value is -1.90. The van der Waals surface area contributed by atoms with E-state index in [-0.39, 0.29) is 25.6 Å². The normalized spacial score (nSPS) is 9.80. The minimum absolute atomic E-state index is 0.114. The van der Waals surface area contributed by atoms with Crippen molar-refractivity contribution >= 4 is 5.91 Å². The predicted molar refractivity (Wildman–Crippen MR) is 75.6 cm³/mol. The van der Waals surface area contributed by atoms with Gasteiger partial charge < -0.3 is 15.7 Å². The second-order valence-corrected chi connectivity index (χ2v) is 4.21. The van der Waals surface area contributed by atoms with Crippen LogP contribution in [0.4, 0.5) is 4.39 Å². The van der Waals surface area contributed by atoms with Gasteiger partial charge in [0.15, 0.2) is 0 Å². The number of rotatable bonds is 5. The molecule has 20 heavy (non-hydrogen) atoms. The molecule has 1 rings (SSSR count). The third-order valence-corrected chi connectivity index (χ3v) is 2.69. The maximum Gasteiger partial charge on any atom is 0.255 e. The number of nitrogens with two attached hydrogens (primary N) is 1. The minimum atomic E-state index is -0.452. The molecular formula is C15H19FN2O2. The smallest absolute Gasteiger partial charge is 0.255 e. The predicted octanol–water partition coefficient (Wildman–Crippen LogP) is 0.980. The molecule has 5 heteroatoms. The molecule has 108 valence electrons. The topological polar surface area (TPSA) is 66.6 Å². The maximum absolute atomic E-state index is 13.3. The fourth-order valence-electron chi connectivity index (χ4n) is 1.83. The highest BCUT2D eigenvalue weighted by atomic mass is 19.1. The summed E-state index contributed by atoms with van der Waals surface area (Å²) >= 11 is 0. The zero-order valence-electron chi connectivity index (χ0n) is 11.5. The summed E-state index contributed by atoms with van der Waals surface area (Å²) in [5.74, 6) is 4.62. The molecule has 0 fully saturated rings. The molecule has 4 nitrogen and oxygen atoms in total. The van der Waals surface area contributed by atoms with Crippen molar-refractivity contribution < 1.29 is 14.3 Å². The number of amides is 1. The van der Waals surface area contributed by atoms with Crippen LogP contribution < -0.4 is 5.73 Å². The average Bonchev–Trinajstić information content (AvgIpc) is 2.44. The summed E-state index contributed by atoms with van der Waals surface area (Å²) in [6.45, 7) is 2.74. The first-order valence-electron chi connectivity index (χ1n) is 6.52. The molecule has 0 spiro atoms. The summed E-state index contributed by atoms with van der Waals surface area (Å²) in [6, 6.07) is 3.86. The Morgan fingerprint density at radius 2 is 2.20 bits per heavy atom. The van der Waals surface area contributed by atoms with Gasteiger partial charge in [-0.05, 0) is 24.6 Å². The fraction of sp³-hybridized carbons (Fsp3) is 0.400. The number of halogens is 1. The Labute approximate surface area is 118 Å². The molecular weight excluding hydrogens is 259 g/mol. The molecule has 1 aromatic carbocycles. The molecule has 0 aliphatic rings. The molecule has 1 aromatic rings. The maximum atomic E-state index is 13.3. The van der Waals surface area contributed by atoms with Crippen LogP contribution in [0.2, 0.25) is 0 Å². The summed E-state index contributed by atoms with van der Waals surface area (Å²) in [5.41, 5.74) is 5.95. The highest BCUT2D eigenvalue weighted by molar-refractivity contribution is 5.96. The zero-order valence-corrected chi connectivity index (χ0v) is 11.5. The van der Waals surface area contributed by atoms with Crippen LogP contribution in [0.15, 0.2) is 18.2 Å². The summed E-state index contributed by atoms with van der Waals surface area (Å²) < 4.78 is 13.3. The van der Waals surface area contributed by atoms with E-state index in [0.717, 1.165) is 6.42 Å². The van der Waals surface area contributed by atoms with Gasteiger partial charge in [0.2, 0.25) is 0 Å². The van der Waals surface area contributed by atoms with E-state index >= 15 is 0 Å². The molecule has 0 radical (unpaired) electrons. The lowest BCUT2D eigenvalue weighted by Gasteiger charge is -2.21. The van der Waals surface area contributed by atoms with E-state index in [0.29, 0.717) is 17.7 Å². The number of aliphatic hydroxyl groups is 1. The summed E-state index contributed by atoms with van der Waals surface area (Å²) in [5, 5.41) is 9.02. The van der Waals surface area contributed by atoms with Crippen LogP contribution in [0, 0.1) is 17.7 Å². The van der Waals surface area contributed by atoms with E-state index in [9.17, 15) is 9.18 Å². The van der Waals surface area contributed by atoms with Crippen molar-refractivity contribution in [1.29, 1.82) is 0 Å². The van der Waals surface area contributed by atoms with Gasteiger partial charge in [0.25, 0.3) is 5.91 Å². The Bertz CT molecular complexity index is 514. The third-order valence-electron chi connectivity index (χ3n) is 2.69. The SMILES string of the molecule is CCCN(CCO)C(=O)c1ccc(F)cc1C#CCN. The summed E-state index contributed by atoms with van der Waals surface area (Å²) in [4.78, 5) is 13.9. The second-order valence-electron chi connectivity index (χ2n) is 4.21. The average molecular weight is 278 g/mol. The molecule has 0 heterocycles. The van der Waals surface area contributed by atoms with E-state index in [2.05, 4.69) is 11.8 Å². The van der Waals surface area contributed by atoms with E-state index < -0.39 is 5.82 Å². The Morgan fingerprint density at radius 3 is 2.80 bits per heavy atom. The zero-order chi connectivity index (χ0) is 15.0. The van der Waals surface area contributed by atoms with Gasteiger partial charge in [0.1, 0.15) is 5.82 Å². The molecule has 0 saturated heterocycles. The second kappa shape index (κ2) is 8.31. The van der Waals surface area contributed by atoms with Gasteiger partial charge in [-0.1, -0.05) is 18.8 Å². The van der Waals surface area contributed by atoms with Crippen molar-refractivity contribution in [3.8, 4) is 11.8 Å². The van der Waals surface area contributed by atoms with Crippen LogP contribution in [0.25, 0.3) is 0 Å². The van der Waals surface area contributed by atoms with Crippen LogP contribution in [0.3, 0.4) is 0 Å². The first kappa shape index (κ1) is 16.2. The van der Waals surface area contributed by atoms with Crippen molar-refractivity contribution in [3.63, 3.8) is 0 Å². The number of hydrogen-bond donors (Lipinski definition) is 2. The van der Waals surface area contributed by atoms with Crippen molar-refractivity contribution in [2.75, 3.05) is 26.2 Å². The Morgan fingerprint density at radius 1 is 1.45 bits per heavy atom. The summed E-state index contributed by atoms with van der Waals surface area (Å²) in [7, 11) is 0. The largest absolute Gasteiger partial charge is 0.395 e. The lowest BCUT2D eigenvalue weighted by atomic mass is 10.1. The molecule has 0 aromatic heterocycles. The highest BCUT2D eigenvalue weighted by Crippen LogP contribution is 2.13. The number of nitrogens with zero attached hydrogens (tertiary/aromatic N) is 1. The van der Waals surface area contributed by atoms with Gasteiger partial charge in [0, 0.05) is 18.7 Å². The molecule has 0 atom stereocenters. The lowest BCUT2D eigenvalue weighted by molar-refractivity contribution is 0.0721. The van der Waals surface area contributed by atoms with Crippen LogP contribution in [-0.4, -0.2) is 42.2 Å². The Kier molecular flexibility index (Phi) is 6.71. The molecule has 0 unspecified atom stereocenters. The van der Waals surface area contributed by atoms with Gasteiger partial charge in [-0.2, -0.15) is 0 Å². The monoisotopic (exact) mass is 278 g/mol. The number of aliphatic hydroxyl groups excluding tert-OH is 1. The van der Waals surface area contributed by atoms with Gasteiger partial charge in [-0.3, -0.25) is 4.79 Å². The van der Waals surface area contributed by atoms with Crippen molar-refractivity contribution in [1.82, 2.24) is 4.90 Å². The number of carbonyl (C=O) groups excluding carboxylic acids is 1. The van der Waals surface area contributed by atoms with Crippen LogP contribution in [-0.2, 0) is 0 Å². The van der Waals surface area contributed by atoms with E-state index in [1.165, 1.54) is 23.1 Å². The van der Waals surface area contributed by atoms with Gasteiger partial charge in [-0.15, -0.1) is 0 Å². The van der Waals surface area contributed by atoms with Crippen molar-refractivity contribution in [3.05, 3.63) is 35.1 Å². The molecule has 3 N–H and O–H groups in total. The Balaban J connectivity index is 3.12. The van der Waals surface area contributed by atoms with Crippen LogP contribution in [0.1, 0.15) is 29.3 Å². The highest BCUT2D eigenvalue weighted by Gasteiger charge is 2.17. The van der Waals surface area contributed by atoms with Crippen LogP contribution >= 0.6 is 0 Å². The lowest BCUT2D eigenvalue weighted by Crippen LogP contribution is -2.34. The standard InChI is InChI=1S/C15H19FN2O2/c1-2-8-18(9-10-19)15(20)14-6-5-13(16)11-12(14)4-3-7-17/h5-6,11,19H,2,7-10,17H2,1H3. The first-order valence-corrected chi connectivity index (χ1v) is 6.52. The number of carbonyl (C=O) groups is 1.